The van der Waals surface area contributed by atoms with Gasteiger partial charge in [-0.15, -0.1) is 0 Å². The standard InChI is InChI=1S/C15H15Cl2FN2/c1-9-5-6-11(13(17)7-9)14(20-19)8-10-3-2-4-12(16)15(10)18/h2-7,14,20H,8,19H2,1H3. The number of nitrogens with one attached hydrogen (secondary N) is 1. The molecule has 0 saturated carbocycles. The average Bonchev–Trinajstić information content (AvgIpc) is 2.41. The smallest absolute Gasteiger partial charge is 0.145 e. The summed E-state index contributed by atoms with van der Waals surface area (Å²) < 4.78 is 13.9. The fourth-order valence-corrected chi connectivity index (χ4v) is 2.66. The van der Waals surface area contributed by atoms with E-state index in [0.717, 1.165) is 11.1 Å². The van der Waals surface area contributed by atoms with Gasteiger partial charge in [-0.1, -0.05) is 47.5 Å². The highest BCUT2D eigenvalue weighted by atomic mass is 35.5. The Kier molecular flexibility index (Phi) is 5.00. The molecule has 0 fully saturated rings. The quantitative estimate of drug-likeness (QED) is 0.656. The number of hydrazine groups is 1. The van der Waals surface area contributed by atoms with E-state index in [4.69, 9.17) is 29.0 Å². The molecule has 5 heteroatoms. The number of hydrogen-bond acceptors (Lipinski definition) is 2. The van der Waals surface area contributed by atoms with E-state index in [2.05, 4.69) is 5.43 Å². The molecular weight excluding hydrogens is 298 g/mol. The normalized spacial score (nSPS) is 12.4. The van der Waals surface area contributed by atoms with Crippen LogP contribution in [-0.4, -0.2) is 0 Å². The number of hydrogen-bond donors (Lipinski definition) is 2. The number of rotatable bonds is 4. The van der Waals surface area contributed by atoms with E-state index in [1.165, 1.54) is 6.07 Å². The number of benzene rings is 2. The Labute approximate surface area is 127 Å². The molecule has 0 aliphatic carbocycles. The van der Waals surface area contributed by atoms with Gasteiger partial charge in [0.25, 0.3) is 0 Å². The van der Waals surface area contributed by atoms with Crippen LogP contribution in [0.1, 0.15) is 22.7 Å². The second-order valence-corrected chi connectivity index (χ2v) is 5.48. The van der Waals surface area contributed by atoms with E-state index < -0.39 is 5.82 Å². The van der Waals surface area contributed by atoms with Crippen molar-refractivity contribution in [2.24, 2.45) is 5.84 Å². The lowest BCUT2D eigenvalue weighted by Gasteiger charge is -2.18. The Balaban J connectivity index is 2.31. The van der Waals surface area contributed by atoms with Gasteiger partial charge in [0.1, 0.15) is 5.82 Å². The minimum Gasteiger partial charge on any atom is -0.271 e. The number of nitrogens with two attached hydrogens (primary N) is 1. The molecule has 20 heavy (non-hydrogen) atoms. The van der Waals surface area contributed by atoms with Crippen LogP contribution in [0.15, 0.2) is 36.4 Å². The second-order valence-electron chi connectivity index (χ2n) is 4.66. The van der Waals surface area contributed by atoms with Crippen molar-refractivity contribution in [3.8, 4) is 0 Å². The Morgan fingerprint density at radius 1 is 1.20 bits per heavy atom. The fraction of sp³-hybridized carbons (Fsp3) is 0.200. The maximum atomic E-state index is 13.9. The molecule has 3 N–H and O–H groups in total. The molecule has 0 heterocycles. The Morgan fingerprint density at radius 2 is 1.95 bits per heavy atom. The second kappa shape index (κ2) is 6.55. The highest BCUT2D eigenvalue weighted by Gasteiger charge is 2.17. The van der Waals surface area contributed by atoms with Crippen LogP contribution >= 0.6 is 23.2 Å². The third-order valence-electron chi connectivity index (χ3n) is 3.19. The molecule has 0 amide bonds. The third kappa shape index (κ3) is 3.30. The van der Waals surface area contributed by atoms with Crippen molar-refractivity contribution >= 4 is 23.2 Å². The van der Waals surface area contributed by atoms with Crippen LogP contribution in [0.4, 0.5) is 4.39 Å². The minimum atomic E-state index is -0.419. The first kappa shape index (κ1) is 15.3. The Hall–Kier alpha value is -1.13. The highest BCUT2D eigenvalue weighted by Crippen LogP contribution is 2.28. The van der Waals surface area contributed by atoms with E-state index in [-0.39, 0.29) is 11.1 Å². The molecular formula is C15H15Cl2FN2. The van der Waals surface area contributed by atoms with E-state index in [0.29, 0.717) is 17.0 Å². The van der Waals surface area contributed by atoms with Crippen LogP contribution in [0.2, 0.25) is 10.0 Å². The van der Waals surface area contributed by atoms with Crippen LogP contribution in [0.5, 0.6) is 0 Å². The molecule has 2 aromatic rings. The van der Waals surface area contributed by atoms with Gasteiger partial charge in [-0.25, -0.2) is 4.39 Å². The topological polar surface area (TPSA) is 38.0 Å². The van der Waals surface area contributed by atoms with Crippen molar-refractivity contribution < 1.29 is 4.39 Å². The molecule has 2 nitrogen and oxygen atoms in total. The van der Waals surface area contributed by atoms with E-state index >= 15 is 0 Å². The van der Waals surface area contributed by atoms with Crippen LogP contribution in [0, 0.1) is 12.7 Å². The van der Waals surface area contributed by atoms with Crippen LogP contribution in [0.3, 0.4) is 0 Å². The summed E-state index contributed by atoms with van der Waals surface area (Å²) in [6.45, 7) is 1.96. The summed E-state index contributed by atoms with van der Waals surface area (Å²) in [5.74, 6) is 5.16. The largest absolute Gasteiger partial charge is 0.271 e. The maximum absolute atomic E-state index is 13.9. The lowest BCUT2D eigenvalue weighted by Crippen LogP contribution is -2.30. The SMILES string of the molecule is Cc1ccc(C(Cc2cccc(Cl)c2F)NN)c(Cl)c1. The Morgan fingerprint density at radius 3 is 2.60 bits per heavy atom. The van der Waals surface area contributed by atoms with Gasteiger partial charge in [0.05, 0.1) is 11.1 Å². The van der Waals surface area contributed by atoms with Crippen molar-refractivity contribution in [3.05, 3.63) is 69.0 Å². The van der Waals surface area contributed by atoms with Crippen molar-refractivity contribution in [2.45, 2.75) is 19.4 Å². The summed E-state index contributed by atoms with van der Waals surface area (Å²) in [4.78, 5) is 0. The molecule has 0 aliphatic heterocycles. The van der Waals surface area contributed by atoms with Gasteiger partial charge in [-0.2, -0.15) is 0 Å². The van der Waals surface area contributed by atoms with E-state index in [1.807, 2.05) is 25.1 Å². The summed E-state index contributed by atoms with van der Waals surface area (Å²) in [6, 6.07) is 10.3. The van der Waals surface area contributed by atoms with Gasteiger partial charge < -0.3 is 0 Å². The van der Waals surface area contributed by atoms with Gasteiger partial charge in [0.2, 0.25) is 0 Å². The van der Waals surface area contributed by atoms with Crippen molar-refractivity contribution in [3.63, 3.8) is 0 Å². The van der Waals surface area contributed by atoms with Gasteiger partial charge >= 0.3 is 0 Å². The van der Waals surface area contributed by atoms with Crippen LogP contribution in [-0.2, 0) is 6.42 Å². The molecule has 0 saturated heterocycles. The highest BCUT2D eigenvalue weighted by molar-refractivity contribution is 6.31. The maximum Gasteiger partial charge on any atom is 0.145 e. The Bertz CT molecular complexity index is 617. The van der Waals surface area contributed by atoms with Gasteiger partial charge in [0.15, 0.2) is 0 Å². The molecule has 106 valence electrons. The predicted octanol–water partition coefficient (Wildman–Crippen LogP) is 4.19. The summed E-state index contributed by atoms with van der Waals surface area (Å²) in [7, 11) is 0. The molecule has 0 bridgehead atoms. The minimum absolute atomic E-state index is 0.105. The molecule has 2 aromatic carbocycles. The first-order valence-corrected chi connectivity index (χ1v) is 6.93. The zero-order valence-corrected chi connectivity index (χ0v) is 12.5. The average molecular weight is 313 g/mol. The zero-order valence-electron chi connectivity index (χ0n) is 11.0. The third-order valence-corrected chi connectivity index (χ3v) is 3.81. The molecule has 2 rings (SSSR count). The lowest BCUT2D eigenvalue weighted by molar-refractivity contribution is 0.529. The molecule has 0 aliphatic rings. The summed E-state index contributed by atoms with van der Waals surface area (Å²) in [5.41, 5.74) is 5.07. The zero-order chi connectivity index (χ0) is 14.7. The molecule has 0 radical (unpaired) electrons. The summed E-state index contributed by atoms with van der Waals surface area (Å²) in [6.07, 6.45) is 0.367. The lowest BCUT2D eigenvalue weighted by atomic mass is 9.98. The van der Waals surface area contributed by atoms with Gasteiger partial charge in [0, 0.05) is 5.02 Å². The molecule has 0 spiro atoms. The molecule has 1 atom stereocenters. The van der Waals surface area contributed by atoms with Crippen molar-refractivity contribution in [2.75, 3.05) is 0 Å². The monoisotopic (exact) mass is 312 g/mol. The van der Waals surface area contributed by atoms with Crippen LogP contribution < -0.4 is 11.3 Å². The number of halogens is 3. The molecule has 1 unspecified atom stereocenters. The van der Waals surface area contributed by atoms with Crippen LogP contribution in [0.25, 0.3) is 0 Å². The van der Waals surface area contributed by atoms with E-state index in [9.17, 15) is 4.39 Å². The predicted molar refractivity (Wildman–Crippen MR) is 81.4 cm³/mol. The van der Waals surface area contributed by atoms with Gasteiger partial charge in [-0.05, 0) is 42.2 Å². The van der Waals surface area contributed by atoms with Crippen molar-refractivity contribution in [1.29, 1.82) is 0 Å². The summed E-state index contributed by atoms with van der Waals surface area (Å²) >= 11 is 12.0. The summed E-state index contributed by atoms with van der Waals surface area (Å²) in [5, 5.41) is 0.712. The van der Waals surface area contributed by atoms with Gasteiger partial charge in [-0.3, -0.25) is 11.3 Å². The fourth-order valence-electron chi connectivity index (χ4n) is 2.10. The number of aryl methyl sites for hydroxylation is 1. The van der Waals surface area contributed by atoms with E-state index in [1.54, 1.807) is 12.1 Å². The first-order valence-electron chi connectivity index (χ1n) is 6.18. The van der Waals surface area contributed by atoms with Crippen molar-refractivity contribution in [1.82, 2.24) is 5.43 Å². The first-order chi connectivity index (χ1) is 9.52. The molecule has 0 aromatic heterocycles.